The molecule has 1 saturated heterocycles. The number of rotatable bonds is 6. The molecule has 3 aromatic rings. The van der Waals surface area contributed by atoms with E-state index in [0.717, 1.165) is 12.8 Å². The SMILES string of the molecule is O=C(O)c1cnc2[nH]ccc2c1NC1CCCN(C(=O)CNc2cc(Cl)cc(Cl)c2)C1. The van der Waals surface area contributed by atoms with Gasteiger partial charge in [0.05, 0.1) is 12.2 Å². The number of fused-ring (bicyclic) bond motifs is 1. The molecule has 4 N–H and O–H groups in total. The van der Waals surface area contributed by atoms with E-state index in [1.165, 1.54) is 6.20 Å². The van der Waals surface area contributed by atoms with E-state index in [-0.39, 0.29) is 24.1 Å². The lowest BCUT2D eigenvalue weighted by atomic mass is 10.0. The maximum absolute atomic E-state index is 12.7. The lowest BCUT2D eigenvalue weighted by molar-refractivity contribution is -0.130. The number of aromatic amines is 1. The minimum atomic E-state index is -1.05. The van der Waals surface area contributed by atoms with Gasteiger partial charge in [-0.05, 0) is 37.1 Å². The number of aromatic carboxylic acids is 1. The number of piperidine rings is 1. The third-order valence-corrected chi connectivity index (χ3v) is 5.68. The zero-order valence-electron chi connectivity index (χ0n) is 16.5. The van der Waals surface area contributed by atoms with Gasteiger partial charge in [-0.3, -0.25) is 4.79 Å². The summed E-state index contributed by atoms with van der Waals surface area (Å²) in [5, 5.41) is 17.7. The first-order chi connectivity index (χ1) is 14.9. The van der Waals surface area contributed by atoms with Crippen LogP contribution in [0.15, 0.2) is 36.7 Å². The van der Waals surface area contributed by atoms with E-state index >= 15 is 0 Å². The third-order valence-electron chi connectivity index (χ3n) is 5.25. The second-order valence-corrected chi connectivity index (χ2v) is 8.30. The first-order valence-electron chi connectivity index (χ1n) is 9.84. The lowest BCUT2D eigenvalue weighted by Gasteiger charge is -2.34. The van der Waals surface area contributed by atoms with Crippen LogP contribution in [0.3, 0.4) is 0 Å². The summed E-state index contributed by atoms with van der Waals surface area (Å²) in [5.74, 6) is -1.10. The number of H-pyrrole nitrogens is 1. The Morgan fingerprint density at radius 3 is 2.77 bits per heavy atom. The number of pyridine rings is 1. The van der Waals surface area contributed by atoms with Crippen molar-refractivity contribution in [1.82, 2.24) is 14.9 Å². The molecule has 0 spiro atoms. The van der Waals surface area contributed by atoms with Crippen LogP contribution >= 0.6 is 23.2 Å². The Balaban J connectivity index is 1.44. The van der Waals surface area contributed by atoms with Crippen LogP contribution in [0.2, 0.25) is 10.0 Å². The monoisotopic (exact) mass is 461 g/mol. The number of benzene rings is 1. The molecule has 3 heterocycles. The van der Waals surface area contributed by atoms with Gasteiger partial charge < -0.3 is 25.6 Å². The van der Waals surface area contributed by atoms with Gasteiger partial charge in [0, 0.05) is 52.6 Å². The average Bonchev–Trinajstić information content (AvgIpc) is 3.21. The van der Waals surface area contributed by atoms with Crippen LogP contribution in [0.4, 0.5) is 11.4 Å². The number of aromatic nitrogens is 2. The van der Waals surface area contributed by atoms with E-state index in [1.54, 1.807) is 35.4 Å². The van der Waals surface area contributed by atoms with Gasteiger partial charge in [-0.15, -0.1) is 0 Å². The fourth-order valence-electron chi connectivity index (χ4n) is 3.80. The molecule has 1 unspecified atom stereocenters. The molecule has 4 rings (SSSR count). The molecule has 1 aliphatic heterocycles. The molecule has 10 heteroatoms. The predicted octanol–water partition coefficient (Wildman–Crippen LogP) is 4.08. The van der Waals surface area contributed by atoms with Crippen molar-refractivity contribution in [3.63, 3.8) is 0 Å². The molecule has 1 aromatic carbocycles. The molecule has 1 atom stereocenters. The number of hydrogen-bond acceptors (Lipinski definition) is 5. The van der Waals surface area contributed by atoms with Gasteiger partial charge in [0.25, 0.3) is 0 Å². The minimum absolute atomic E-state index is 0.0532. The summed E-state index contributed by atoms with van der Waals surface area (Å²) in [6, 6.07) is 6.77. The third kappa shape index (κ3) is 4.86. The van der Waals surface area contributed by atoms with Crippen molar-refractivity contribution in [2.24, 2.45) is 0 Å². The highest BCUT2D eigenvalue weighted by Gasteiger charge is 2.25. The smallest absolute Gasteiger partial charge is 0.339 e. The summed E-state index contributed by atoms with van der Waals surface area (Å²) in [6.07, 6.45) is 4.71. The molecule has 0 radical (unpaired) electrons. The molecule has 2 aromatic heterocycles. The number of nitrogens with one attached hydrogen (secondary N) is 3. The quantitative estimate of drug-likeness (QED) is 0.440. The van der Waals surface area contributed by atoms with E-state index in [1.807, 2.05) is 0 Å². The molecular formula is C21H21Cl2N5O3. The van der Waals surface area contributed by atoms with E-state index in [9.17, 15) is 14.7 Å². The summed E-state index contributed by atoms with van der Waals surface area (Å²) in [7, 11) is 0. The molecular weight excluding hydrogens is 441 g/mol. The number of amides is 1. The topological polar surface area (TPSA) is 110 Å². The number of hydrogen-bond donors (Lipinski definition) is 4. The summed E-state index contributed by atoms with van der Waals surface area (Å²) < 4.78 is 0. The van der Waals surface area contributed by atoms with Gasteiger partial charge in [0.15, 0.2) is 0 Å². The van der Waals surface area contributed by atoms with Crippen LogP contribution in [0, 0.1) is 0 Å². The Labute approximate surface area is 188 Å². The van der Waals surface area contributed by atoms with Crippen molar-refractivity contribution >= 4 is 57.5 Å². The second-order valence-electron chi connectivity index (χ2n) is 7.43. The number of anilines is 2. The first-order valence-corrected chi connectivity index (χ1v) is 10.6. The van der Waals surface area contributed by atoms with Gasteiger partial charge in [0.2, 0.25) is 5.91 Å². The Hall–Kier alpha value is -2.97. The highest BCUT2D eigenvalue weighted by Crippen LogP contribution is 2.28. The Morgan fingerprint density at radius 2 is 2.03 bits per heavy atom. The predicted molar refractivity (Wildman–Crippen MR) is 121 cm³/mol. The molecule has 1 aliphatic rings. The van der Waals surface area contributed by atoms with Gasteiger partial charge in [-0.2, -0.15) is 0 Å². The number of likely N-dealkylation sites (tertiary alicyclic amines) is 1. The van der Waals surface area contributed by atoms with Crippen LogP contribution in [0.25, 0.3) is 11.0 Å². The van der Waals surface area contributed by atoms with Crippen molar-refractivity contribution in [2.75, 3.05) is 30.3 Å². The van der Waals surface area contributed by atoms with Crippen molar-refractivity contribution in [3.8, 4) is 0 Å². The van der Waals surface area contributed by atoms with Crippen molar-refractivity contribution in [3.05, 3.63) is 52.3 Å². The molecule has 162 valence electrons. The van der Waals surface area contributed by atoms with Crippen molar-refractivity contribution in [2.45, 2.75) is 18.9 Å². The maximum Gasteiger partial charge on any atom is 0.339 e. The number of nitrogens with zero attached hydrogens (tertiary/aromatic N) is 2. The zero-order valence-corrected chi connectivity index (χ0v) is 18.0. The molecule has 1 fully saturated rings. The largest absolute Gasteiger partial charge is 0.478 e. The normalized spacial score (nSPS) is 16.3. The number of carboxylic acids is 1. The summed E-state index contributed by atoms with van der Waals surface area (Å²) in [5.41, 5.74) is 1.91. The number of carbonyl (C=O) groups is 2. The van der Waals surface area contributed by atoms with Gasteiger partial charge in [-0.1, -0.05) is 23.2 Å². The lowest BCUT2D eigenvalue weighted by Crippen LogP contribution is -2.47. The minimum Gasteiger partial charge on any atom is -0.478 e. The number of halogens is 2. The highest BCUT2D eigenvalue weighted by molar-refractivity contribution is 6.35. The standard InChI is InChI=1S/C21H21Cl2N5O3/c22-12-6-13(23)8-15(7-12)25-10-18(29)28-5-1-2-14(11-28)27-19-16-3-4-24-20(16)26-9-17(19)21(30)31/h3-4,6-9,14,25H,1-2,5,10-11H2,(H,30,31)(H2,24,26,27). The van der Waals surface area contributed by atoms with Crippen LogP contribution in [-0.4, -0.2) is 57.5 Å². The van der Waals surface area contributed by atoms with E-state index in [0.29, 0.717) is 45.5 Å². The Morgan fingerprint density at radius 1 is 1.26 bits per heavy atom. The fourth-order valence-corrected chi connectivity index (χ4v) is 4.32. The molecule has 0 bridgehead atoms. The molecule has 0 aliphatic carbocycles. The second kappa shape index (κ2) is 9.03. The van der Waals surface area contributed by atoms with E-state index < -0.39 is 5.97 Å². The Kier molecular flexibility index (Phi) is 6.20. The van der Waals surface area contributed by atoms with E-state index in [4.69, 9.17) is 23.2 Å². The number of carboxylic acid groups (broad SMARTS) is 1. The molecule has 1 amide bonds. The summed E-state index contributed by atoms with van der Waals surface area (Å²) in [6.45, 7) is 1.24. The highest BCUT2D eigenvalue weighted by atomic mass is 35.5. The molecule has 8 nitrogen and oxygen atoms in total. The van der Waals surface area contributed by atoms with Crippen LogP contribution in [0.1, 0.15) is 23.2 Å². The Bertz CT molecular complexity index is 1110. The van der Waals surface area contributed by atoms with Gasteiger partial charge in [-0.25, -0.2) is 9.78 Å². The average molecular weight is 462 g/mol. The molecule has 31 heavy (non-hydrogen) atoms. The van der Waals surface area contributed by atoms with Crippen molar-refractivity contribution in [1.29, 1.82) is 0 Å². The zero-order chi connectivity index (χ0) is 22.0. The maximum atomic E-state index is 12.7. The van der Waals surface area contributed by atoms with Crippen LogP contribution < -0.4 is 10.6 Å². The number of carbonyl (C=O) groups excluding carboxylic acids is 1. The van der Waals surface area contributed by atoms with Crippen molar-refractivity contribution < 1.29 is 14.7 Å². The fraction of sp³-hybridized carbons (Fsp3) is 0.286. The summed E-state index contributed by atoms with van der Waals surface area (Å²) >= 11 is 12.0. The summed E-state index contributed by atoms with van der Waals surface area (Å²) in [4.78, 5) is 33.4. The first kappa shape index (κ1) is 21.3. The van der Waals surface area contributed by atoms with Crippen LogP contribution in [-0.2, 0) is 4.79 Å². The van der Waals surface area contributed by atoms with Gasteiger partial charge >= 0.3 is 5.97 Å². The van der Waals surface area contributed by atoms with E-state index in [2.05, 4.69) is 20.6 Å². The van der Waals surface area contributed by atoms with Crippen LogP contribution in [0.5, 0.6) is 0 Å². The van der Waals surface area contributed by atoms with Gasteiger partial charge in [0.1, 0.15) is 11.2 Å². The molecule has 0 saturated carbocycles.